The molecule has 6 nitrogen and oxygen atoms in total. The van der Waals surface area contributed by atoms with Crippen molar-refractivity contribution in [3.8, 4) is 5.69 Å². The highest BCUT2D eigenvalue weighted by Crippen LogP contribution is 2.21. The summed E-state index contributed by atoms with van der Waals surface area (Å²) in [5.74, 6) is -0.0795. The third kappa shape index (κ3) is 3.71. The number of aromatic nitrogens is 3. The quantitative estimate of drug-likeness (QED) is 0.931. The molecule has 7 heteroatoms. The number of carbonyl (C=O) groups is 1. The van der Waals surface area contributed by atoms with Gasteiger partial charge in [0.15, 0.2) is 5.69 Å². The molecule has 2 atom stereocenters. The molecular formula is C16H22ClN5O. The van der Waals surface area contributed by atoms with E-state index in [-0.39, 0.29) is 30.4 Å². The van der Waals surface area contributed by atoms with Gasteiger partial charge in [0.2, 0.25) is 0 Å². The number of rotatable bonds is 3. The zero-order chi connectivity index (χ0) is 15.5. The maximum absolute atomic E-state index is 12.7. The van der Waals surface area contributed by atoms with E-state index in [1.165, 1.54) is 0 Å². The smallest absolute Gasteiger partial charge is 0.276 e. The van der Waals surface area contributed by atoms with Crippen LogP contribution in [0.25, 0.3) is 5.69 Å². The van der Waals surface area contributed by atoms with E-state index in [9.17, 15) is 4.79 Å². The standard InChI is InChI=1S/C16H21N5O.ClH/c1-12(17)15-9-5-6-10-20(15)16(22)14-11-21(19-18-14)13-7-3-2-4-8-13;/h2-4,7-8,11-12,15H,5-6,9-10,17H2,1H3;1H. The highest BCUT2D eigenvalue weighted by Gasteiger charge is 2.31. The summed E-state index contributed by atoms with van der Waals surface area (Å²) in [6.45, 7) is 2.69. The van der Waals surface area contributed by atoms with Gasteiger partial charge in [-0.05, 0) is 38.3 Å². The molecule has 1 saturated heterocycles. The van der Waals surface area contributed by atoms with Gasteiger partial charge in [0.05, 0.1) is 11.9 Å². The average molecular weight is 336 g/mol. The number of carbonyl (C=O) groups excluding carboxylic acids is 1. The Morgan fingerprint density at radius 3 is 2.74 bits per heavy atom. The van der Waals surface area contributed by atoms with Crippen molar-refractivity contribution in [2.24, 2.45) is 5.73 Å². The maximum atomic E-state index is 12.7. The second-order valence-corrected chi connectivity index (χ2v) is 5.80. The Morgan fingerprint density at radius 2 is 2.04 bits per heavy atom. The van der Waals surface area contributed by atoms with Gasteiger partial charge < -0.3 is 10.6 Å². The van der Waals surface area contributed by atoms with E-state index in [2.05, 4.69) is 10.3 Å². The number of amides is 1. The van der Waals surface area contributed by atoms with Gasteiger partial charge in [0, 0.05) is 18.6 Å². The Kier molecular flexibility index (Phi) is 5.74. The lowest BCUT2D eigenvalue weighted by Crippen LogP contribution is -2.51. The molecule has 2 unspecified atom stereocenters. The maximum Gasteiger partial charge on any atom is 0.276 e. The van der Waals surface area contributed by atoms with Crippen LogP contribution in [-0.2, 0) is 0 Å². The normalized spacial score (nSPS) is 19.0. The first-order chi connectivity index (χ1) is 10.7. The first-order valence-electron chi connectivity index (χ1n) is 7.71. The van der Waals surface area contributed by atoms with Crippen LogP contribution in [0.1, 0.15) is 36.7 Å². The highest BCUT2D eigenvalue weighted by atomic mass is 35.5. The van der Waals surface area contributed by atoms with E-state index in [0.717, 1.165) is 31.5 Å². The lowest BCUT2D eigenvalue weighted by molar-refractivity contribution is 0.0577. The molecule has 1 aliphatic heterocycles. The van der Waals surface area contributed by atoms with Gasteiger partial charge in [-0.25, -0.2) is 4.68 Å². The van der Waals surface area contributed by atoms with Crippen molar-refractivity contribution in [1.82, 2.24) is 19.9 Å². The Balaban J connectivity index is 0.00000192. The summed E-state index contributed by atoms with van der Waals surface area (Å²) in [7, 11) is 0. The van der Waals surface area contributed by atoms with Gasteiger partial charge in [-0.15, -0.1) is 17.5 Å². The molecule has 0 aliphatic carbocycles. The highest BCUT2D eigenvalue weighted by molar-refractivity contribution is 5.92. The van der Waals surface area contributed by atoms with E-state index in [0.29, 0.717) is 5.69 Å². The number of halogens is 1. The fraction of sp³-hybridized carbons (Fsp3) is 0.438. The molecular weight excluding hydrogens is 314 g/mol. The third-order valence-electron chi connectivity index (χ3n) is 4.15. The molecule has 3 rings (SSSR count). The molecule has 23 heavy (non-hydrogen) atoms. The summed E-state index contributed by atoms with van der Waals surface area (Å²) < 4.78 is 1.62. The zero-order valence-electron chi connectivity index (χ0n) is 13.1. The lowest BCUT2D eigenvalue weighted by Gasteiger charge is -2.37. The van der Waals surface area contributed by atoms with Crippen molar-refractivity contribution in [3.63, 3.8) is 0 Å². The van der Waals surface area contributed by atoms with E-state index in [4.69, 9.17) is 5.73 Å². The second kappa shape index (κ2) is 7.57. The van der Waals surface area contributed by atoms with Crippen LogP contribution in [0.2, 0.25) is 0 Å². The molecule has 1 aliphatic rings. The molecule has 1 amide bonds. The molecule has 2 N–H and O–H groups in total. The topological polar surface area (TPSA) is 77.0 Å². The van der Waals surface area contributed by atoms with Crippen LogP contribution < -0.4 is 5.73 Å². The first kappa shape index (κ1) is 17.4. The first-order valence-corrected chi connectivity index (χ1v) is 7.71. The molecule has 1 fully saturated rings. The SMILES string of the molecule is CC(N)C1CCCCN1C(=O)c1cn(-c2ccccc2)nn1.Cl. The van der Waals surface area contributed by atoms with Crippen LogP contribution in [0, 0.1) is 0 Å². The zero-order valence-corrected chi connectivity index (χ0v) is 13.9. The van der Waals surface area contributed by atoms with Gasteiger partial charge in [0.25, 0.3) is 5.91 Å². The van der Waals surface area contributed by atoms with Gasteiger partial charge >= 0.3 is 0 Å². The Labute approximate surface area is 142 Å². The van der Waals surface area contributed by atoms with E-state index in [1.807, 2.05) is 42.2 Å². The van der Waals surface area contributed by atoms with Crippen molar-refractivity contribution in [1.29, 1.82) is 0 Å². The number of para-hydroxylation sites is 1. The Morgan fingerprint density at radius 1 is 1.30 bits per heavy atom. The minimum atomic E-state index is -0.0795. The molecule has 2 aromatic rings. The molecule has 1 aromatic heterocycles. The predicted molar refractivity (Wildman–Crippen MR) is 90.9 cm³/mol. The van der Waals surface area contributed by atoms with Gasteiger partial charge in [-0.2, -0.15) is 0 Å². The fourth-order valence-corrected chi connectivity index (χ4v) is 2.97. The third-order valence-corrected chi connectivity index (χ3v) is 4.15. The van der Waals surface area contributed by atoms with Crippen LogP contribution in [0.5, 0.6) is 0 Å². The number of piperidine rings is 1. The van der Waals surface area contributed by atoms with Crippen molar-refractivity contribution in [2.75, 3.05) is 6.54 Å². The van der Waals surface area contributed by atoms with Crippen molar-refractivity contribution in [2.45, 2.75) is 38.3 Å². The summed E-state index contributed by atoms with van der Waals surface area (Å²) in [5, 5.41) is 8.10. The largest absolute Gasteiger partial charge is 0.333 e. The van der Waals surface area contributed by atoms with Crippen LogP contribution in [0.4, 0.5) is 0 Å². The summed E-state index contributed by atoms with van der Waals surface area (Å²) in [6, 6.07) is 9.69. The minimum Gasteiger partial charge on any atom is -0.333 e. The van der Waals surface area contributed by atoms with Crippen molar-refractivity contribution < 1.29 is 4.79 Å². The minimum absolute atomic E-state index is 0. The number of hydrogen-bond acceptors (Lipinski definition) is 4. The van der Waals surface area contributed by atoms with Gasteiger partial charge in [0.1, 0.15) is 0 Å². The average Bonchev–Trinajstić information content (AvgIpc) is 3.05. The number of hydrogen-bond donors (Lipinski definition) is 1. The van der Waals surface area contributed by atoms with E-state index >= 15 is 0 Å². The van der Waals surface area contributed by atoms with E-state index in [1.54, 1.807) is 10.9 Å². The molecule has 0 saturated carbocycles. The van der Waals surface area contributed by atoms with Crippen LogP contribution in [0.3, 0.4) is 0 Å². The second-order valence-electron chi connectivity index (χ2n) is 5.80. The predicted octanol–water partition coefficient (Wildman–Crippen LogP) is 2.03. The summed E-state index contributed by atoms with van der Waals surface area (Å²) in [6.07, 6.45) is 4.77. The lowest BCUT2D eigenvalue weighted by atomic mass is 9.96. The van der Waals surface area contributed by atoms with Crippen LogP contribution in [0.15, 0.2) is 36.5 Å². The fourth-order valence-electron chi connectivity index (χ4n) is 2.97. The van der Waals surface area contributed by atoms with Gasteiger partial charge in [-0.3, -0.25) is 4.79 Å². The molecule has 0 bridgehead atoms. The Hall–Kier alpha value is -1.92. The Bertz CT molecular complexity index is 643. The molecule has 2 heterocycles. The number of nitrogens with two attached hydrogens (primary N) is 1. The van der Waals surface area contributed by atoms with Gasteiger partial charge in [-0.1, -0.05) is 23.4 Å². The number of nitrogens with zero attached hydrogens (tertiary/aromatic N) is 4. The molecule has 1 aromatic carbocycles. The molecule has 0 radical (unpaired) electrons. The number of benzene rings is 1. The van der Waals surface area contributed by atoms with Crippen molar-refractivity contribution >= 4 is 18.3 Å². The monoisotopic (exact) mass is 335 g/mol. The summed E-state index contributed by atoms with van der Waals surface area (Å²) >= 11 is 0. The summed E-state index contributed by atoms with van der Waals surface area (Å²) in [5.41, 5.74) is 7.29. The van der Waals surface area contributed by atoms with E-state index < -0.39 is 0 Å². The van der Waals surface area contributed by atoms with Crippen LogP contribution >= 0.6 is 12.4 Å². The number of likely N-dealkylation sites (tertiary alicyclic amines) is 1. The molecule has 124 valence electrons. The van der Waals surface area contributed by atoms with Crippen LogP contribution in [-0.4, -0.2) is 44.4 Å². The van der Waals surface area contributed by atoms with Crippen molar-refractivity contribution in [3.05, 3.63) is 42.2 Å². The molecule has 0 spiro atoms. The summed E-state index contributed by atoms with van der Waals surface area (Å²) in [4.78, 5) is 14.6.